The Bertz CT molecular complexity index is 935. The summed E-state index contributed by atoms with van der Waals surface area (Å²) in [5.41, 5.74) is -1.66. The van der Waals surface area contributed by atoms with E-state index in [2.05, 4.69) is 10.1 Å². The summed E-state index contributed by atoms with van der Waals surface area (Å²) >= 11 is 0.711. The number of carbonyl (C=O) groups excluding carboxylic acids is 1. The van der Waals surface area contributed by atoms with Crippen molar-refractivity contribution in [3.8, 4) is 11.5 Å². The third-order valence-electron chi connectivity index (χ3n) is 3.30. The van der Waals surface area contributed by atoms with Crippen LogP contribution in [-0.4, -0.2) is 38.8 Å². The number of sulfone groups is 1. The summed E-state index contributed by atoms with van der Waals surface area (Å²) in [6, 6.07) is 5.99. The minimum absolute atomic E-state index is 0.147. The Hall–Kier alpha value is -2.24. The number of carbonyl (C=O) groups is 1. The van der Waals surface area contributed by atoms with E-state index in [4.69, 9.17) is 4.74 Å². The van der Waals surface area contributed by atoms with E-state index in [1.807, 2.05) is 0 Å². The van der Waals surface area contributed by atoms with Crippen molar-refractivity contribution in [2.24, 2.45) is 0 Å². The summed E-state index contributed by atoms with van der Waals surface area (Å²) in [4.78, 5) is 11.3. The smallest absolute Gasteiger partial charge is 0.387 e. The van der Waals surface area contributed by atoms with Crippen molar-refractivity contribution >= 4 is 32.1 Å². The highest BCUT2D eigenvalue weighted by Crippen LogP contribution is 2.37. The number of halogens is 2. The van der Waals surface area contributed by atoms with Gasteiger partial charge in [0.05, 0.1) is 12.1 Å². The lowest BCUT2D eigenvalue weighted by molar-refractivity contribution is -0.130. The van der Waals surface area contributed by atoms with Gasteiger partial charge in [-0.2, -0.15) is 8.78 Å². The van der Waals surface area contributed by atoms with Gasteiger partial charge < -0.3 is 19.9 Å². The Kier molecular flexibility index (Phi) is 6.07. The van der Waals surface area contributed by atoms with Crippen LogP contribution >= 0.6 is 11.3 Å². The van der Waals surface area contributed by atoms with Crippen molar-refractivity contribution in [2.75, 3.05) is 12.4 Å². The third kappa shape index (κ3) is 4.93. The molecular formula is C16H17F2NO6S2. The molecule has 0 aliphatic carbocycles. The molecule has 0 bridgehead atoms. The average molecular weight is 421 g/mol. The number of hydrogen-bond donors (Lipinski definition) is 2. The fourth-order valence-electron chi connectivity index (χ4n) is 1.93. The molecule has 1 amide bonds. The van der Waals surface area contributed by atoms with Crippen LogP contribution in [0.3, 0.4) is 0 Å². The molecule has 2 aromatic rings. The summed E-state index contributed by atoms with van der Waals surface area (Å²) < 4.78 is 60.0. The molecule has 2 N–H and O–H groups in total. The van der Waals surface area contributed by atoms with Gasteiger partial charge in [0.1, 0.15) is 26.2 Å². The van der Waals surface area contributed by atoms with Crippen molar-refractivity contribution in [1.82, 2.24) is 0 Å². The van der Waals surface area contributed by atoms with Crippen LogP contribution < -0.4 is 14.8 Å². The van der Waals surface area contributed by atoms with Crippen LogP contribution in [0, 0.1) is 0 Å². The van der Waals surface area contributed by atoms with E-state index in [-0.39, 0.29) is 15.0 Å². The number of thiophene rings is 1. The van der Waals surface area contributed by atoms with Crippen LogP contribution in [0.2, 0.25) is 0 Å². The van der Waals surface area contributed by atoms with Gasteiger partial charge in [-0.1, -0.05) is 0 Å². The Balaban J connectivity index is 2.41. The Morgan fingerprint density at radius 1 is 1.26 bits per heavy atom. The molecular weight excluding hydrogens is 404 g/mol. The second-order valence-corrected chi connectivity index (χ2v) is 9.06. The molecule has 11 heteroatoms. The number of ether oxygens (including phenoxy) is 2. The molecule has 0 aliphatic heterocycles. The van der Waals surface area contributed by atoms with Crippen LogP contribution in [0.25, 0.3) is 0 Å². The highest BCUT2D eigenvalue weighted by Gasteiger charge is 2.28. The predicted octanol–water partition coefficient (Wildman–Crippen LogP) is 2.90. The predicted molar refractivity (Wildman–Crippen MR) is 94.3 cm³/mol. The van der Waals surface area contributed by atoms with Gasteiger partial charge in [-0.05, 0) is 38.1 Å². The number of hydrogen-bond acceptors (Lipinski definition) is 7. The molecule has 1 aromatic carbocycles. The quantitative estimate of drug-likeness (QED) is 0.713. The molecule has 0 spiro atoms. The molecule has 0 aliphatic rings. The fraction of sp³-hybridized carbons (Fsp3) is 0.312. The zero-order valence-corrected chi connectivity index (χ0v) is 16.2. The summed E-state index contributed by atoms with van der Waals surface area (Å²) in [5, 5.41) is 12.2. The Labute approximate surface area is 158 Å². The second-order valence-electron chi connectivity index (χ2n) is 5.83. The molecule has 0 saturated carbocycles. The van der Waals surface area contributed by atoms with Gasteiger partial charge >= 0.3 is 6.61 Å². The van der Waals surface area contributed by atoms with Crippen LogP contribution in [0.4, 0.5) is 13.8 Å². The zero-order valence-electron chi connectivity index (χ0n) is 14.5. The van der Waals surface area contributed by atoms with Crippen molar-refractivity contribution in [1.29, 1.82) is 0 Å². The number of anilines is 1. The summed E-state index contributed by atoms with van der Waals surface area (Å²) in [7, 11) is -2.90. The van der Waals surface area contributed by atoms with Gasteiger partial charge in [0.15, 0.2) is 0 Å². The van der Waals surface area contributed by atoms with Crippen molar-refractivity contribution in [3.63, 3.8) is 0 Å². The first kappa shape index (κ1) is 21.1. The normalized spacial score (nSPS) is 12.1. The van der Waals surface area contributed by atoms with Gasteiger partial charge in [-0.3, -0.25) is 4.79 Å². The van der Waals surface area contributed by atoms with Crippen LogP contribution in [0.5, 0.6) is 11.5 Å². The Morgan fingerprint density at radius 3 is 2.48 bits per heavy atom. The van der Waals surface area contributed by atoms with E-state index in [0.29, 0.717) is 11.3 Å². The standard InChI is InChI=1S/C16H17F2NO6S2/c1-16(2,21)14(20)19-12-6-7-13(26-12)27(22,23)11-5-4-9(24-3)8-10(11)25-15(17)18/h4-8,15,21H,1-3H3,(H,19,20). The summed E-state index contributed by atoms with van der Waals surface area (Å²) in [6.07, 6.45) is 0. The SMILES string of the molecule is COc1ccc(S(=O)(=O)c2ccc(NC(=O)C(C)(C)O)s2)c(OC(F)F)c1. The summed E-state index contributed by atoms with van der Waals surface area (Å²) in [5.74, 6) is -1.13. The number of amides is 1. The van der Waals surface area contributed by atoms with E-state index >= 15 is 0 Å². The fourth-order valence-corrected chi connectivity index (χ4v) is 4.62. The van der Waals surface area contributed by atoms with E-state index in [9.17, 15) is 27.1 Å². The summed E-state index contributed by atoms with van der Waals surface area (Å²) in [6.45, 7) is -0.673. The molecule has 0 atom stereocenters. The van der Waals surface area contributed by atoms with E-state index in [1.54, 1.807) is 0 Å². The molecule has 0 radical (unpaired) electrons. The second kappa shape index (κ2) is 7.79. The van der Waals surface area contributed by atoms with E-state index in [1.165, 1.54) is 39.2 Å². The minimum atomic E-state index is -4.20. The first-order valence-electron chi connectivity index (χ1n) is 7.46. The van der Waals surface area contributed by atoms with Crippen molar-refractivity contribution in [2.45, 2.75) is 35.2 Å². The van der Waals surface area contributed by atoms with Gasteiger partial charge in [0.2, 0.25) is 9.84 Å². The molecule has 1 aromatic heterocycles. The van der Waals surface area contributed by atoms with Gasteiger partial charge in [-0.25, -0.2) is 8.42 Å². The van der Waals surface area contributed by atoms with Crippen molar-refractivity contribution < 1.29 is 36.6 Å². The topological polar surface area (TPSA) is 102 Å². The lowest BCUT2D eigenvalue weighted by Gasteiger charge is -2.15. The van der Waals surface area contributed by atoms with Crippen LogP contribution in [-0.2, 0) is 14.6 Å². The van der Waals surface area contributed by atoms with Gasteiger partial charge in [0, 0.05) is 6.07 Å². The minimum Gasteiger partial charge on any atom is -0.497 e. The maximum Gasteiger partial charge on any atom is 0.387 e. The number of benzene rings is 1. The molecule has 1 heterocycles. The number of methoxy groups -OCH3 is 1. The number of alkyl halides is 2. The highest BCUT2D eigenvalue weighted by molar-refractivity contribution is 7.93. The zero-order chi connectivity index (χ0) is 20.4. The molecule has 7 nitrogen and oxygen atoms in total. The van der Waals surface area contributed by atoms with Gasteiger partial charge in [0.25, 0.3) is 5.91 Å². The molecule has 0 unspecified atom stereocenters. The molecule has 0 fully saturated rings. The monoisotopic (exact) mass is 421 g/mol. The average Bonchev–Trinajstić information content (AvgIpc) is 3.02. The first-order chi connectivity index (χ1) is 12.4. The molecule has 0 saturated heterocycles. The maximum atomic E-state index is 12.8. The van der Waals surface area contributed by atoms with Crippen molar-refractivity contribution in [3.05, 3.63) is 30.3 Å². The highest BCUT2D eigenvalue weighted by atomic mass is 32.2. The van der Waals surface area contributed by atoms with E-state index in [0.717, 1.165) is 12.1 Å². The lowest BCUT2D eigenvalue weighted by atomic mass is 10.1. The molecule has 2 rings (SSSR count). The lowest BCUT2D eigenvalue weighted by Crippen LogP contribution is -2.36. The maximum absolute atomic E-state index is 12.8. The number of nitrogens with one attached hydrogen (secondary N) is 1. The third-order valence-corrected chi connectivity index (χ3v) is 6.58. The molecule has 27 heavy (non-hydrogen) atoms. The molecule has 148 valence electrons. The van der Waals surface area contributed by atoms with E-state index < -0.39 is 38.6 Å². The van der Waals surface area contributed by atoms with Crippen LogP contribution in [0.15, 0.2) is 39.4 Å². The number of rotatable bonds is 7. The number of aliphatic hydroxyl groups is 1. The van der Waals surface area contributed by atoms with Gasteiger partial charge in [-0.15, -0.1) is 11.3 Å². The van der Waals surface area contributed by atoms with Crippen LogP contribution in [0.1, 0.15) is 13.8 Å². The first-order valence-corrected chi connectivity index (χ1v) is 9.76. The largest absolute Gasteiger partial charge is 0.497 e. The Morgan fingerprint density at radius 2 is 1.93 bits per heavy atom.